The van der Waals surface area contributed by atoms with Gasteiger partial charge in [0.15, 0.2) is 0 Å². The summed E-state index contributed by atoms with van der Waals surface area (Å²) in [5.74, 6) is 0. The SMILES string of the molecule is CNCC(O)c1cnc2ccncc2n1. The summed E-state index contributed by atoms with van der Waals surface area (Å²) in [5, 5.41) is 12.6. The quantitative estimate of drug-likeness (QED) is 0.751. The van der Waals surface area contributed by atoms with Crippen molar-refractivity contribution in [2.24, 2.45) is 0 Å². The average molecular weight is 204 g/mol. The number of hydrogen-bond donors (Lipinski definition) is 2. The molecule has 1 atom stereocenters. The van der Waals surface area contributed by atoms with Crippen LogP contribution in [0.5, 0.6) is 0 Å². The monoisotopic (exact) mass is 204 g/mol. The van der Waals surface area contributed by atoms with E-state index in [9.17, 15) is 5.11 Å². The highest BCUT2D eigenvalue weighted by atomic mass is 16.3. The van der Waals surface area contributed by atoms with Crippen LogP contribution in [0.3, 0.4) is 0 Å². The molecule has 5 heteroatoms. The zero-order chi connectivity index (χ0) is 10.7. The number of rotatable bonds is 3. The average Bonchev–Trinajstić information content (AvgIpc) is 2.29. The van der Waals surface area contributed by atoms with Gasteiger partial charge >= 0.3 is 0 Å². The van der Waals surface area contributed by atoms with Crippen molar-refractivity contribution in [3.05, 3.63) is 30.4 Å². The van der Waals surface area contributed by atoms with Crippen LogP contribution in [0.1, 0.15) is 11.8 Å². The molecule has 78 valence electrons. The summed E-state index contributed by atoms with van der Waals surface area (Å²) in [6.07, 6.45) is 4.26. The van der Waals surface area contributed by atoms with Crippen molar-refractivity contribution in [2.75, 3.05) is 13.6 Å². The fourth-order valence-electron chi connectivity index (χ4n) is 1.34. The minimum Gasteiger partial charge on any atom is -0.385 e. The summed E-state index contributed by atoms with van der Waals surface area (Å²) in [6.45, 7) is 0.459. The molecular weight excluding hydrogens is 192 g/mol. The molecule has 0 spiro atoms. The van der Waals surface area contributed by atoms with Crippen LogP contribution in [0.15, 0.2) is 24.7 Å². The van der Waals surface area contributed by atoms with Crippen molar-refractivity contribution in [2.45, 2.75) is 6.10 Å². The zero-order valence-corrected chi connectivity index (χ0v) is 8.38. The molecule has 1 unspecified atom stereocenters. The smallest absolute Gasteiger partial charge is 0.110 e. The van der Waals surface area contributed by atoms with Crippen molar-refractivity contribution in [1.29, 1.82) is 0 Å². The summed E-state index contributed by atoms with van der Waals surface area (Å²) in [7, 11) is 1.78. The van der Waals surface area contributed by atoms with E-state index in [0.29, 0.717) is 17.8 Å². The number of aliphatic hydroxyl groups excluding tert-OH is 1. The molecule has 15 heavy (non-hydrogen) atoms. The van der Waals surface area contributed by atoms with Crippen molar-refractivity contribution < 1.29 is 5.11 Å². The fourth-order valence-corrected chi connectivity index (χ4v) is 1.34. The van der Waals surface area contributed by atoms with Crippen LogP contribution in [0.25, 0.3) is 11.0 Å². The van der Waals surface area contributed by atoms with Crippen LogP contribution >= 0.6 is 0 Å². The zero-order valence-electron chi connectivity index (χ0n) is 8.38. The standard InChI is InChI=1S/C10H12N4O/c1-11-6-10(15)9-5-13-7-2-3-12-4-8(7)14-9/h2-5,10-11,15H,6H2,1H3. The molecule has 2 rings (SSSR count). The molecule has 0 radical (unpaired) electrons. The number of fused-ring (bicyclic) bond motifs is 1. The summed E-state index contributed by atoms with van der Waals surface area (Å²) < 4.78 is 0. The topological polar surface area (TPSA) is 70.9 Å². The predicted octanol–water partition coefficient (Wildman–Crippen LogP) is 0.278. The van der Waals surface area contributed by atoms with Gasteiger partial charge in [-0.05, 0) is 13.1 Å². The van der Waals surface area contributed by atoms with Crippen LogP contribution in [0, 0.1) is 0 Å². The third-order valence-electron chi connectivity index (χ3n) is 2.10. The van der Waals surface area contributed by atoms with Crippen molar-refractivity contribution >= 4 is 11.0 Å². The third kappa shape index (κ3) is 2.08. The molecule has 0 amide bonds. The molecular formula is C10H12N4O. The van der Waals surface area contributed by atoms with Crippen LogP contribution in [0.4, 0.5) is 0 Å². The van der Waals surface area contributed by atoms with E-state index >= 15 is 0 Å². The maximum Gasteiger partial charge on any atom is 0.110 e. The van der Waals surface area contributed by atoms with E-state index in [-0.39, 0.29) is 0 Å². The maximum atomic E-state index is 9.69. The minimum atomic E-state index is -0.632. The summed E-state index contributed by atoms with van der Waals surface area (Å²) in [5.41, 5.74) is 2.04. The molecule has 2 N–H and O–H groups in total. The Morgan fingerprint density at radius 3 is 3.07 bits per heavy atom. The Bertz CT molecular complexity index is 460. The molecule has 2 aromatic heterocycles. The Kier molecular flexibility index (Phi) is 2.84. The van der Waals surface area contributed by atoms with E-state index in [1.807, 2.05) is 0 Å². The van der Waals surface area contributed by atoms with Crippen LogP contribution in [-0.4, -0.2) is 33.7 Å². The van der Waals surface area contributed by atoms with E-state index < -0.39 is 6.10 Å². The lowest BCUT2D eigenvalue weighted by atomic mass is 10.2. The normalized spacial score (nSPS) is 12.9. The first-order chi connectivity index (χ1) is 7.31. The highest BCUT2D eigenvalue weighted by Crippen LogP contribution is 2.12. The highest BCUT2D eigenvalue weighted by molar-refractivity contribution is 5.72. The van der Waals surface area contributed by atoms with Gasteiger partial charge in [-0.2, -0.15) is 0 Å². The number of nitrogens with one attached hydrogen (secondary N) is 1. The first kappa shape index (κ1) is 9.95. The molecule has 5 nitrogen and oxygen atoms in total. The minimum absolute atomic E-state index is 0.459. The second-order valence-corrected chi connectivity index (χ2v) is 3.23. The Labute approximate surface area is 87.2 Å². The number of nitrogens with zero attached hydrogens (tertiary/aromatic N) is 3. The van der Waals surface area contributed by atoms with Gasteiger partial charge in [0.2, 0.25) is 0 Å². The first-order valence-corrected chi connectivity index (χ1v) is 4.70. The van der Waals surface area contributed by atoms with Gasteiger partial charge in [-0.3, -0.25) is 9.97 Å². The Morgan fingerprint density at radius 1 is 1.40 bits per heavy atom. The second-order valence-electron chi connectivity index (χ2n) is 3.23. The Balaban J connectivity index is 2.38. The van der Waals surface area contributed by atoms with Gasteiger partial charge < -0.3 is 10.4 Å². The lowest BCUT2D eigenvalue weighted by Crippen LogP contribution is -2.17. The van der Waals surface area contributed by atoms with Gasteiger partial charge in [-0.1, -0.05) is 0 Å². The lowest BCUT2D eigenvalue weighted by Gasteiger charge is -2.08. The molecule has 0 saturated heterocycles. The number of pyridine rings is 1. The van der Waals surface area contributed by atoms with E-state index in [0.717, 1.165) is 5.52 Å². The predicted molar refractivity (Wildman–Crippen MR) is 56.2 cm³/mol. The largest absolute Gasteiger partial charge is 0.385 e. The lowest BCUT2D eigenvalue weighted by molar-refractivity contribution is 0.173. The number of likely N-dealkylation sites (N-methyl/N-ethyl adjacent to an activating group) is 1. The van der Waals surface area contributed by atoms with E-state index in [1.165, 1.54) is 0 Å². The molecule has 0 aliphatic carbocycles. The second kappa shape index (κ2) is 4.29. The molecule has 0 aliphatic heterocycles. The number of hydrogen-bond acceptors (Lipinski definition) is 5. The van der Waals surface area contributed by atoms with Gasteiger partial charge in [0.1, 0.15) is 11.6 Å². The number of aromatic nitrogens is 3. The van der Waals surface area contributed by atoms with Gasteiger partial charge in [0.05, 0.1) is 23.6 Å². The van der Waals surface area contributed by atoms with E-state index in [2.05, 4.69) is 20.3 Å². The van der Waals surface area contributed by atoms with Gasteiger partial charge in [-0.15, -0.1) is 0 Å². The first-order valence-electron chi connectivity index (χ1n) is 4.70. The van der Waals surface area contributed by atoms with E-state index in [1.54, 1.807) is 31.7 Å². The Hall–Kier alpha value is -1.59. The molecule has 2 aromatic rings. The Morgan fingerprint density at radius 2 is 2.27 bits per heavy atom. The molecule has 2 heterocycles. The van der Waals surface area contributed by atoms with E-state index in [4.69, 9.17) is 0 Å². The van der Waals surface area contributed by atoms with Gasteiger partial charge in [-0.25, -0.2) is 4.98 Å². The highest BCUT2D eigenvalue weighted by Gasteiger charge is 2.08. The molecule has 0 saturated carbocycles. The molecule has 0 bridgehead atoms. The van der Waals surface area contributed by atoms with Crippen LogP contribution < -0.4 is 5.32 Å². The van der Waals surface area contributed by atoms with Crippen molar-refractivity contribution in [3.8, 4) is 0 Å². The molecule has 0 fully saturated rings. The fraction of sp³-hybridized carbons (Fsp3) is 0.300. The van der Waals surface area contributed by atoms with Crippen LogP contribution in [0.2, 0.25) is 0 Å². The van der Waals surface area contributed by atoms with Crippen molar-refractivity contribution in [1.82, 2.24) is 20.3 Å². The summed E-state index contributed by atoms with van der Waals surface area (Å²) in [6, 6.07) is 1.79. The van der Waals surface area contributed by atoms with Gasteiger partial charge in [0.25, 0.3) is 0 Å². The van der Waals surface area contributed by atoms with Crippen LogP contribution in [-0.2, 0) is 0 Å². The maximum absolute atomic E-state index is 9.69. The summed E-state index contributed by atoms with van der Waals surface area (Å²) in [4.78, 5) is 12.4. The van der Waals surface area contributed by atoms with Gasteiger partial charge in [0, 0.05) is 12.7 Å². The van der Waals surface area contributed by atoms with Crippen molar-refractivity contribution in [3.63, 3.8) is 0 Å². The third-order valence-corrected chi connectivity index (χ3v) is 2.10. The number of aliphatic hydroxyl groups is 1. The molecule has 0 aromatic carbocycles. The molecule has 0 aliphatic rings. The summed E-state index contributed by atoms with van der Waals surface area (Å²) >= 11 is 0.